The molecule has 0 aliphatic heterocycles. The molecule has 0 bridgehead atoms. The second kappa shape index (κ2) is 6.28. The van der Waals surface area contributed by atoms with E-state index in [1.165, 1.54) is 0 Å². The third-order valence-electron chi connectivity index (χ3n) is 3.24. The van der Waals surface area contributed by atoms with Crippen LogP contribution in [0.2, 0.25) is 0 Å². The van der Waals surface area contributed by atoms with Crippen molar-refractivity contribution in [3.8, 4) is 5.69 Å². The van der Waals surface area contributed by atoms with Gasteiger partial charge in [-0.15, -0.1) is 0 Å². The number of hydrogen-bond donors (Lipinski definition) is 1. The highest BCUT2D eigenvalue weighted by atomic mass is 79.9. The summed E-state index contributed by atoms with van der Waals surface area (Å²) < 4.78 is 8.29. The van der Waals surface area contributed by atoms with Crippen molar-refractivity contribution in [2.45, 2.75) is 13.0 Å². The minimum Gasteiger partial charge on any atom is -0.452 e. The van der Waals surface area contributed by atoms with Crippen LogP contribution in [0.3, 0.4) is 0 Å². The first-order valence-electron chi connectivity index (χ1n) is 6.86. The van der Waals surface area contributed by atoms with Gasteiger partial charge in [-0.3, -0.25) is 0 Å². The summed E-state index contributed by atoms with van der Waals surface area (Å²) >= 11 is 3.35. The van der Waals surface area contributed by atoms with E-state index >= 15 is 0 Å². The first-order chi connectivity index (χ1) is 10.3. The summed E-state index contributed by atoms with van der Waals surface area (Å²) in [5.41, 5.74) is 2.11. The van der Waals surface area contributed by atoms with Crippen LogP contribution in [0.1, 0.15) is 24.3 Å². The minimum atomic E-state index is -0.00115. The molecule has 1 N–H and O–H groups in total. The Balaban J connectivity index is 1.92. The second-order valence-corrected chi connectivity index (χ2v) is 5.47. The van der Waals surface area contributed by atoms with E-state index in [9.17, 15) is 0 Å². The summed E-state index contributed by atoms with van der Waals surface area (Å²) in [6.07, 6.45) is 3.90. The van der Waals surface area contributed by atoms with Gasteiger partial charge in [-0.2, -0.15) is 5.10 Å². The van der Waals surface area contributed by atoms with Gasteiger partial charge in [0.2, 0.25) is 0 Å². The van der Waals surface area contributed by atoms with E-state index in [1.807, 2.05) is 59.5 Å². The summed E-state index contributed by atoms with van der Waals surface area (Å²) in [5.74, 6) is 0.872. The molecule has 108 valence electrons. The van der Waals surface area contributed by atoms with E-state index in [-0.39, 0.29) is 6.04 Å². The Kier molecular flexibility index (Phi) is 4.22. The zero-order valence-electron chi connectivity index (χ0n) is 11.7. The van der Waals surface area contributed by atoms with Gasteiger partial charge in [0.25, 0.3) is 0 Å². The normalized spacial score (nSPS) is 12.5. The predicted octanol–water partition coefficient (Wildman–Crippen LogP) is 3.93. The maximum absolute atomic E-state index is 5.68. The van der Waals surface area contributed by atoms with E-state index in [0.717, 1.165) is 28.2 Å². The van der Waals surface area contributed by atoms with Gasteiger partial charge in [0.05, 0.1) is 17.9 Å². The summed E-state index contributed by atoms with van der Waals surface area (Å²) in [4.78, 5) is 0. The summed E-state index contributed by atoms with van der Waals surface area (Å²) in [6, 6.07) is 13.9. The van der Waals surface area contributed by atoms with Crippen LogP contribution in [0.4, 0.5) is 0 Å². The highest BCUT2D eigenvalue weighted by Crippen LogP contribution is 2.26. The van der Waals surface area contributed by atoms with Gasteiger partial charge in [0, 0.05) is 11.8 Å². The van der Waals surface area contributed by atoms with Crippen molar-refractivity contribution in [3.05, 3.63) is 70.9 Å². The maximum Gasteiger partial charge on any atom is 0.169 e. The molecular weight excluding hydrogens is 330 g/mol. The molecule has 0 fully saturated rings. The molecule has 3 rings (SSSR count). The molecule has 4 nitrogen and oxygen atoms in total. The number of rotatable bonds is 5. The molecular formula is C16H16BrN3O. The Labute approximate surface area is 131 Å². The predicted molar refractivity (Wildman–Crippen MR) is 85.5 cm³/mol. The van der Waals surface area contributed by atoms with Crippen molar-refractivity contribution in [2.75, 3.05) is 6.54 Å². The molecule has 21 heavy (non-hydrogen) atoms. The molecule has 2 aromatic heterocycles. The SMILES string of the molecule is CCNC(c1cnn(-c2ccccc2)c1)c1ccc(Br)o1. The van der Waals surface area contributed by atoms with E-state index in [0.29, 0.717) is 0 Å². The quantitative estimate of drug-likeness (QED) is 0.761. The standard InChI is InChI=1S/C16H16BrN3O/c1-2-18-16(14-8-9-15(17)21-14)12-10-19-20(11-12)13-6-4-3-5-7-13/h3-11,16,18H,2H2,1H3. The topological polar surface area (TPSA) is 43.0 Å². The lowest BCUT2D eigenvalue weighted by molar-refractivity contribution is 0.437. The number of aromatic nitrogens is 2. The van der Waals surface area contributed by atoms with Crippen molar-refractivity contribution < 1.29 is 4.42 Å². The molecule has 2 heterocycles. The van der Waals surface area contributed by atoms with Gasteiger partial charge in [-0.1, -0.05) is 25.1 Å². The molecule has 3 aromatic rings. The van der Waals surface area contributed by atoms with Crippen molar-refractivity contribution in [2.24, 2.45) is 0 Å². The van der Waals surface area contributed by atoms with E-state index < -0.39 is 0 Å². The molecule has 0 amide bonds. The molecule has 1 unspecified atom stereocenters. The van der Waals surface area contributed by atoms with Gasteiger partial charge < -0.3 is 9.73 Å². The van der Waals surface area contributed by atoms with Crippen LogP contribution in [0.25, 0.3) is 5.69 Å². The third-order valence-corrected chi connectivity index (χ3v) is 3.67. The number of halogens is 1. The van der Waals surface area contributed by atoms with Gasteiger partial charge in [0.1, 0.15) is 5.76 Å². The fraction of sp³-hybridized carbons (Fsp3) is 0.188. The first kappa shape index (κ1) is 14.1. The Morgan fingerprint density at radius 3 is 2.71 bits per heavy atom. The molecule has 5 heteroatoms. The zero-order valence-corrected chi connectivity index (χ0v) is 13.2. The van der Waals surface area contributed by atoms with Crippen LogP contribution in [0.15, 0.2) is 63.9 Å². The summed E-state index contributed by atoms with van der Waals surface area (Å²) in [7, 11) is 0. The van der Waals surface area contributed by atoms with Crippen LogP contribution in [-0.2, 0) is 0 Å². The van der Waals surface area contributed by atoms with Crippen molar-refractivity contribution in [3.63, 3.8) is 0 Å². The van der Waals surface area contributed by atoms with Gasteiger partial charge >= 0.3 is 0 Å². The highest BCUT2D eigenvalue weighted by Gasteiger charge is 2.18. The van der Waals surface area contributed by atoms with Crippen LogP contribution in [-0.4, -0.2) is 16.3 Å². The molecule has 0 saturated heterocycles. The van der Waals surface area contributed by atoms with Crippen molar-refractivity contribution in [1.82, 2.24) is 15.1 Å². The summed E-state index contributed by atoms with van der Waals surface area (Å²) in [5, 5.41) is 7.87. The second-order valence-electron chi connectivity index (χ2n) is 4.69. The molecule has 1 atom stereocenters. The fourth-order valence-corrected chi connectivity index (χ4v) is 2.60. The number of hydrogen-bond acceptors (Lipinski definition) is 3. The van der Waals surface area contributed by atoms with Crippen LogP contribution >= 0.6 is 15.9 Å². The van der Waals surface area contributed by atoms with Crippen LogP contribution in [0.5, 0.6) is 0 Å². The molecule has 0 aliphatic rings. The summed E-state index contributed by atoms with van der Waals surface area (Å²) in [6.45, 7) is 2.92. The largest absolute Gasteiger partial charge is 0.452 e. The third kappa shape index (κ3) is 3.09. The molecule has 0 saturated carbocycles. The van der Waals surface area contributed by atoms with Gasteiger partial charge in [0.15, 0.2) is 4.67 Å². The Hall–Kier alpha value is -1.85. The smallest absolute Gasteiger partial charge is 0.169 e. The molecule has 0 aliphatic carbocycles. The van der Waals surface area contributed by atoms with E-state index in [4.69, 9.17) is 4.42 Å². The van der Waals surface area contributed by atoms with Crippen molar-refractivity contribution >= 4 is 15.9 Å². The van der Waals surface area contributed by atoms with Gasteiger partial charge in [-0.25, -0.2) is 4.68 Å². The lowest BCUT2D eigenvalue weighted by Gasteiger charge is -2.13. The average molecular weight is 346 g/mol. The number of furan rings is 1. The lowest BCUT2D eigenvalue weighted by Crippen LogP contribution is -2.21. The number of nitrogens with zero attached hydrogens (tertiary/aromatic N) is 2. The zero-order chi connectivity index (χ0) is 14.7. The minimum absolute atomic E-state index is 0.00115. The number of para-hydroxylation sites is 1. The fourth-order valence-electron chi connectivity index (χ4n) is 2.28. The molecule has 1 aromatic carbocycles. The lowest BCUT2D eigenvalue weighted by atomic mass is 10.1. The molecule has 0 radical (unpaired) electrons. The Morgan fingerprint density at radius 2 is 2.05 bits per heavy atom. The first-order valence-corrected chi connectivity index (χ1v) is 7.66. The molecule has 0 spiro atoms. The van der Waals surface area contributed by atoms with Gasteiger partial charge in [-0.05, 0) is 46.7 Å². The van der Waals surface area contributed by atoms with E-state index in [2.05, 4.69) is 33.3 Å². The van der Waals surface area contributed by atoms with Crippen molar-refractivity contribution in [1.29, 1.82) is 0 Å². The highest BCUT2D eigenvalue weighted by molar-refractivity contribution is 9.10. The van der Waals surface area contributed by atoms with E-state index in [1.54, 1.807) is 0 Å². The Morgan fingerprint density at radius 1 is 1.24 bits per heavy atom. The number of nitrogens with one attached hydrogen (secondary N) is 1. The monoisotopic (exact) mass is 345 g/mol. The van der Waals surface area contributed by atoms with Crippen LogP contribution < -0.4 is 5.32 Å². The Bertz CT molecular complexity index is 705. The average Bonchev–Trinajstić information content (AvgIpc) is 3.15. The maximum atomic E-state index is 5.68. The van der Waals surface area contributed by atoms with Crippen LogP contribution in [0, 0.1) is 0 Å². The number of benzene rings is 1.